The molecule has 0 amide bonds. The van der Waals surface area contributed by atoms with Gasteiger partial charge in [-0.15, -0.1) is 0 Å². The van der Waals surface area contributed by atoms with Gasteiger partial charge < -0.3 is 5.11 Å². The lowest BCUT2D eigenvalue weighted by molar-refractivity contribution is 0.178. The molecule has 2 rings (SSSR count). The first-order valence-corrected chi connectivity index (χ1v) is 6.46. The number of pyridine rings is 1. The van der Waals surface area contributed by atoms with Gasteiger partial charge in [0.05, 0.1) is 11.1 Å². The van der Waals surface area contributed by atoms with Crippen molar-refractivity contribution in [2.75, 3.05) is 0 Å². The number of hydrogen-bond acceptors (Lipinski definition) is 2. The molecule has 2 nitrogen and oxygen atoms in total. The number of benzene rings is 1. The normalized spacial score (nSPS) is 12.4. The lowest BCUT2D eigenvalue weighted by Gasteiger charge is -2.11. The minimum absolute atomic E-state index is 0.0809. The highest BCUT2D eigenvalue weighted by Gasteiger charge is 2.11. The summed E-state index contributed by atoms with van der Waals surface area (Å²) in [5.41, 5.74) is 1.36. The summed E-state index contributed by atoms with van der Waals surface area (Å²) >= 11 is 8.89. The molecular weight excluding hydrogens is 321 g/mol. The zero-order valence-electron chi connectivity index (χ0n) is 9.28. The first kappa shape index (κ1) is 13.5. The van der Waals surface area contributed by atoms with E-state index in [0.29, 0.717) is 17.5 Å². The summed E-state index contributed by atoms with van der Waals surface area (Å²) in [5, 5.41) is 10.1. The molecule has 1 N–H and O–H groups in total. The van der Waals surface area contributed by atoms with E-state index >= 15 is 0 Å². The van der Waals surface area contributed by atoms with Gasteiger partial charge in [0, 0.05) is 28.9 Å². The minimum Gasteiger partial charge on any atom is -0.388 e. The van der Waals surface area contributed by atoms with Gasteiger partial charge >= 0.3 is 0 Å². The molecule has 1 heterocycles. The maximum atomic E-state index is 13.3. The van der Waals surface area contributed by atoms with Gasteiger partial charge in [-0.05, 0) is 39.7 Å². The Bertz CT molecular complexity index is 564. The first-order chi connectivity index (χ1) is 8.56. The molecule has 0 fully saturated rings. The Hall–Kier alpha value is -0.970. The number of halogens is 3. The molecule has 94 valence electrons. The van der Waals surface area contributed by atoms with E-state index in [9.17, 15) is 9.50 Å². The summed E-state index contributed by atoms with van der Waals surface area (Å²) in [7, 11) is 0. The van der Waals surface area contributed by atoms with Gasteiger partial charge in [-0.1, -0.05) is 17.7 Å². The Morgan fingerprint density at radius 2 is 2.11 bits per heavy atom. The molecule has 5 heteroatoms. The summed E-state index contributed by atoms with van der Waals surface area (Å²) < 4.78 is 14.1. The number of hydrogen-bond donors (Lipinski definition) is 1. The Balaban J connectivity index is 2.16. The maximum Gasteiger partial charge on any atom is 0.142 e. The Labute approximate surface area is 118 Å². The number of aliphatic hydroxyl groups excluding tert-OH is 1. The van der Waals surface area contributed by atoms with Crippen molar-refractivity contribution in [1.29, 1.82) is 0 Å². The van der Waals surface area contributed by atoms with E-state index in [-0.39, 0.29) is 5.02 Å². The van der Waals surface area contributed by atoms with Gasteiger partial charge in [0.15, 0.2) is 0 Å². The van der Waals surface area contributed by atoms with E-state index in [2.05, 4.69) is 20.9 Å². The third-order valence-corrected chi connectivity index (χ3v) is 3.26. The molecule has 2 aromatic rings. The van der Waals surface area contributed by atoms with E-state index in [1.807, 2.05) is 0 Å². The molecule has 0 radical (unpaired) electrons. The summed E-state index contributed by atoms with van der Waals surface area (Å²) in [4.78, 5) is 3.98. The van der Waals surface area contributed by atoms with Crippen LogP contribution < -0.4 is 0 Å². The molecule has 18 heavy (non-hydrogen) atoms. The van der Waals surface area contributed by atoms with E-state index in [1.165, 1.54) is 12.1 Å². The molecular formula is C13H10BrClFNO. The van der Waals surface area contributed by atoms with Gasteiger partial charge in [-0.2, -0.15) is 0 Å². The second kappa shape index (κ2) is 5.78. The van der Waals surface area contributed by atoms with Gasteiger partial charge in [0.25, 0.3) is 0 Å². The summed E-state index contributed by atoms with van der Waals surface area (Å²) in [6.45, 7) is 0. The predicted molar refractivity (Wildman–Crippen MR) is 72.0 cm³/mol. The van der Waals surface area contributed by atoms with Crippen molar-refractivity contribution >= 4 is 27.5 Å². The monoisotopic (exact) mass is 329 g/mol. The first-order valence-electron chi connectivity index (χ1n) is 5.28. The van der Waals surface area contributed by atoms with Crippen LogP contribution in [0.25, 0.3) is 0 Å². The summed E-state index contributed by atoms with van der Waals surface area (Å²) in [5.74, 6) is -0.478. The van der Waals surface area contributed by atoms with Gasteiger partial charge in [-0.3, -0.25) is 4.98 Å². The molecule has 1 unspecified atom stereocenters. The van der Waals surface area contributed by atoms with Crippen molar-refractivity contribution in [3.63, 3.8) is 0 Å². The lowest BCUT2D eigenvalue weighted by Crippen LogP contribution is -2.02. The summed E-state index contributed by atoms with van der Waals surface area (Å²) in [6, 6.07) is 6.29. The number of aromatic nitrogens is 1. The lowest BCUT2D eigenvalue weighted by atomic mass is 10.0. The zero-order valence-corrected chi connectivity index (χ0v) is 11.6. The smallest absolute Gasteiger partial charge is 0.142 e. The highest BCUT2D eigenvalue weighted by Crippen LogP contribution is 2.22. The largest absolute Gasteiger partial charge is 0.388 e. The Morgan fingerprint density at radius 1 is 1.33 bits per heavy atom. The second-order valence-corrected chi connectivity index (χ2v) is 5.23. The molecule has 0 saturated carbocycles. The topological polar surface area (TPSA) is 33.1 Å². The molecule has 0 aliphatic rings. The van der Waals surface area contributed by atoms with Crippen molar-refractivity contribution in [2.45, 2.75) is 12.5 Å². The average Bonchev–Trinajstić information content (AvgIpc) is 2.34. The highest BCUT2D eigenvalue weighted by molar-refractivity contribution is 9.10. The van der Waals surface area contributed by atoms with Crippen LogP contribution in [0.15, 0.2) is 41.1 Å². The zero-order chi connectivity index (χ0) is 13.1. The quantitative estimate of drug-likeness (QED) is 0.925. The van der Waals surface area contributed by atoms with Crippen molar-refractivity contribution in [3.05, 3.63) is 63.1 Å². The van der Waals surface area contributed by atoms with Crippen LogP contribution in [0.5, 0.6) is 0 Å². The maximum absolute atomic E-state index is 13.3. The molecule has 1 aromatic heterocycles. The van der Waals surface area contributed by atoms with Crippen LogP contribution in [-0.2, 0) is 6.42 Å². The Morgan fingerprint density at radius 3 is 2.78 bits per heavy atom. The van der Waals surface area contributed by atoms with Crippen LogP contribution in [0.2, 0.25) is 5.02 Å². The van der Waals surface area contributed by atoms with Crippen molar-refractivity contribution in [2.24, 2.45) is 0 Å². The second-order valence-electron chi connectivity index (χ2n) is 3.90. The molecule has 0 aliphatic heterocycles. The molecule has 1 aromatic carbocycles. The molecule has 0 spiro atoms. The van der Waals surface area contributed by atoms with Crippen LogP contribution in [0, 0.1) is 5.82 Å². The van der Waals surface area contributed by atoms with Crippen LogP contribution in [0.3, 0.4) is 0 Å². The fraction of sp³-hybridized carbons (Fsp3) is 0.154. The fourth-order valence-corrected chi connectivity index (χ4v) is 2.12. The van der Waals surface area contributed by atoms with Crippen LogP contribution >= 0.6 is 27.5 Å². The van der Waals surface area contributed by atoms with E-state index in [1.54, 1.807) is 24.5 Å². The van der Waals surface area contributed by atoms with Crippen LogP contribution in [0.4, 0.5) is 4.39 Å². The van der Waals surface area contributed by atoms with Gasteiger partial charge in [-0.25, -0.2) is 4.39 Å². The predicted octanol–water partition coefficient (Wildman–Crippen LogP) is 3.91. The molecule has 0 saturated heterocycles. The average molecular weight is 331 g/mol. The van der Waals surface area contributed by atoms with Crippen molar-refractivity contribution < 1.29 is 9.50 Å². The number of aliphatic hydroxyl groups is 1. The molecule has 0 aliphatic carbocycles. The van der Waals surface area contributed by atoms with E-state index in [0.717, 1.165) is 4.47 Å². The summed E-state index contributed by atoms with van der Waals surface area (Å²) in [6.07, 6.45) is 2.81. The minimum atomic E-state index is -0.726. The standard InChI is InChI=1S/C13H10BrClFNO/c14-10-5-9(6-17-7-10)13(18)4-8-1-2-11(15)12(16)3-8/h1-3,5-7,13,18H,4H2. The highest BCUT2D eigenvalue weighted by atomic mass is 79.9. The van der Waals surface area contributed by atoms with Crippen LogP contribution in [-0.4, -0.2) is 10.1 Å². The Kier molecular flexibility index (Phi) is 4.32. The third-order valence-electron chi connectivity index (χ3n) is 2.52. The van der Waals surface area contributed by atoms with E-state index in [4.69, 9.17) is 11.6 Å². The number of nitrogens with zero attached hydrogens (tertiary/aromatic N) is 1. The van der Waals surface area contributed by atoms with Gasteiger partial charge in [0.1, 0.15) is 5.82 Å². The molecule has 0 bridgehead atoms. The van der Waals surface area contributed by atoms with Crippen molar-refractivity contribution in [1.82, 2.24) is 4.98 Å². The van der Waals surface area contributed by atoms with E-state index < -0.39 is 11.9 Å². The van der Waals surface area contributed by atoms with Crippen LogP contribution in [0.1, 0.15) is 17.2 Å². The van der Waals surface area contributed by atoms with Crippen molar-refractivity contribution in [3.8, 4) is 0 Å². The third kappa shape index (κ3) is 3.28. The fourth-order valence-electron chi connectivity index (χ4n) is 1.62. The van der Waals surface area contributed by atoms with Gasteiger partial charge in [0.2, 0.25) is 0 Å². The molecule has 1 atom stereocenters. The SMILES string of the molecule is OC(Cc1ccc(Cl)c(F)c1)c1cncc(Br)c1. The number of rotatable bonds is 3.